The Hall–Kier alpha value is -1.22. The normalized spacial score (nSPS) is 29.0. The van der Waals surface area contributed by atoms with Crippen LogP contribution < -0.4 is 5.73 Å². The molecule has 1 aliphatic carbocycles. The fourth-order valence-corrected chi connectivity index (χ4v) is 4.29. The lowest BCUT2D eigenvalue weighted by atomic mass is 9.72. The highest BCUT2D eigenvalue weighted by Gasteiger charge is 2.39. The molecule has 1 saturated heterocycles. The fraction of sp³-hybridized carbons (Fsp3) is 0.588. The topological polar surface area (TPSA) is 46.3 Å². The third-order valence-electron chi connectivity index (χ3n) is 5.22. The van der Waals surface area contributed by atoms with Crippen molar-refractivity contribution in [3.05, 3.63) is 28.8 Å². The number of fused-ring (bicyclic) bond motifs is 1. The minimum absolute atomic E-state index is 0.0730. The number of amides is 1. The summed E-state index contributed by atoms with van der Waals surface area (Å²) < 4.78 is 0. The molecule has 2 N–H and O–H groups in total. The summed E-state index contributed by atoms with van der Waals surface area (Å²) in [5, 5.41) is 0.464. The minimum Gasteiger partial charge on any atom is -0.399 e. The van der Waals surface area contributed by atoms with Crippen molar-refractivity contribution < 1.29 is 4.79 Å². The molecular weight excluding hydrogens is 284 g/mol. The summed E-state index contributed by atoms with van der Waals surface area (Å²) in [5.41, 5.74) is 6.91. The van der Waals surface area contributed by atoms with Crippen LogP contribution in [0.2, 0.25) is 5.02 Å². The summed E-state index contributed by atoms with van der Waals surface area (Å²) in [6.45, 7) is 3.18. The van der Waals surface area contributed by atoms with Crippen molar-refractivity contribution in [2.75, 3.05) is 12.3 Å². The Morgan fingerprint density at radius 3 is 2.81 bits per heavy atom. The lowest BCUT2D eigenvalue weighted by Crippen LogP contribution is -2.52. The smallest absolute Gasteiger partial charge is 0.255 e. The van der Waals surface area contributed by atoms with E-state index in [0.29, 0.717) is 28.2 Å². The van der Waals surface area contributed by atoms with E-state index in [9.17, 15) is 4.79 Å². The summed E-state index contributed by atoms with van der Waals surface area (Å²) in [6.07, 6.45) is 6.02. The number of carbonyl (C=O) groups excluding carboxylic acids is 1. The molecule has 2 aliphatic rings. The van der Waals surface area contributed by atoms with E-state index >= 15 is 0 Å². The first kappa shape index (κ1) is 14.7. The number of halogens is 1. The lowest BCUT2D eigenvalue weighted by molar-refractivity contribution is 0.0218. The van der Waals surface area contributed by atoms with Crippen molar-refractivity contribution in [1.82, 2.24) is 4.90 Å². The number of nitrogen functional groups attached to an aromatic ring is 1. The number of hydrogen-bond acceptors (Lipinski definition) is 2. The van der Waals surface area contributed by atoms with Crippen LogP contribution in [0.3, 0.4) is 0 Å². The quantitative estimate of drug-likeness (QED) is 0.798. The number of benzene rings is 1. The Balaban J connectivity index is 1.86. The first-order valence-electron chi connectivity index (χ1n) is 7.94. The number of anilines is 1. The number of rotatable bonds is 1. The monoisotopic (exact) mass is 306 g/mol. The van der Waals surface area contributed by atoms with Gasteiger partial charge in [-0.3, -0.25) is 4.79 Å². The largest absolute Gasteiger partial charge is 0.399 e. The fourth-order valence-electron chi connectivity index (χ4n) is 4.02. The van der Waals surface area contributed by atoms with E-state index in [1.807, 2.05) is 0 Å². The zero-order chi connectivity index (χ0) is 15.0. The maximum Gasteiger partial charge on any atom is 0.255 e. The lowest BCUT2D eigenvalue weighted by Gasteiger charge is -2.47. The standard InChI is InChI=1S/C17H23ClN2O/c1-11-8-9-20(16-5-3-2-4-13(11)16)17(21)14-7-6-12(19)10-15(14)18/h6-7,10-11,13,16H,2-5,8-9,19H2,1H3. The molecule has 1 aromatic carbocycles. The molecule has 1 amide bonds. The van der Waals surface area contributed by atoms with Crippen molar-refractivity contribution in [3.8, 4) is 0 Å². The molecule has 3 unspecified atom stereocenters. The van der Waals surface area contributed by atoms with Gasteiger partial charge in [0, 0.05) is 18.3 Å². The molecule has 0 radical (unpaired) electrons. The Labute approximate surface area is 131 Å². The summed E-state index contributed by atoms with van der Waals surface area (Å²) in [5.74, 6) is 1.45. The molecule has 3 rings (SSSR count). The van der Waals surface area contributed by atoms with Gasteiger partial charge < -0.3 is 10.6 Å². The number of carbonyl (C=O) groups is 1. The van der Waals surface area contributed by atoms with Gasteiger partial charge in [-0.05, 0) is 49.3 Å². The second-order valence-electron chi connectivity index (χ2n) is 6.52. The Bertz CT molecular complexity index is 546. The zero-order valence-corrected chi connectivity index (χ0v) is 13.3. The van der Waals surface area contributed by atoms with E-state index in [1.165, 1.54) is 19.3 Å². The summed E-state index contributed by atoms with van der Waals surface area (Å²) in [7, 11) is 0. The molecule has 4 heteroatoms. The number of piperidine rings is 1. The number of nitrogens with zero attached hydrogens (tertiary/aromatic N) is 1. The van der Waals surface area contributed by atoms with Gasteiger partial charge in [0.2, 0.25) is 0 Å². The highest BCUT2D eigenvalue weighted by atomic mass is 35.5. The first-order valence-corrected chi connectivity index (χ1v) is 8.31. The van der Waals surface area contributed by atoms with E-state index in [0.717, 1.165) is 25.3 Å². The van der Waals surface area contributed by atoms with Gasteiger partial charge in [-0.1, -0.05) is 31.4 Å². The van der Waals surface area contributed by atoms with Crippen molar-refractivity contribution >= 4 is 23.2 Å². The van der Waals surface area contributed by atoms with E-state index in [-0.39, 0.29) is 5.91 Å². The molecule has 1 aromatic rings. The summed E-state index contributed by atoms with van der Waals surface area (Å²) in [4.78, 5) is 15.0. The molecule has 3 atom stereocenters. The number of nitrogens with two attached hydrogens (primary N) is 1. The molecule has 114 valence electrons. The number of hydrogen-bond donors (Lipinski definition) is 1. The van der Waals surface area contributed by atoms with Gasteiger partial charge in [-0.15, -0.1) is 0 Å². The molecule has 2 fully saturated rings. The summed E-state index contributed by atoms with van der Waals surface area (Å²) in [6, 6.07) is 5.57. The predicted octanol–water partition coefficient (Wildman–Crippen LogP) is 3.96. The van der Waals surface area contributed by atoms with E-state index in [2.05, 4.69) is 11.8 Å². The van der Waals surface area contributed by atoms with Gasteiger partial charge in [0.1, 0.15) is 0 Å². The predicted molar refractivity (Wildman–Crippen MR) is 86.4 cm³/mol. The van der Waals surface area contributed by atoms with Gasteiger partial charge in [0.15, 0.2) is 0 Å². The third-order valence-corrected chi connectivity index (χ3v) is 5.54. The van der Waals surface area contributed by atoms with Crippen LogP contribution in [0.4, 0.5) is 5.69 Å². The van der Waals surface area contributed by atoms with E-state index in [1.54, 1.807) is 18.2 Å². The van der Waals surface area contributed by atoms with Crippen LogP contribution in [0.1, 0.15) is 49.4 Å². The molecule has 0 bridgehead atoms. The molecular formula is C17H23ClN2O. The van der Waals surface area contributed by atoms with E-state index < -0.39 is 0 Å². The number of likely N-dealkylation sites (tertiary alicyclic amines) is 1. The van der Waals surface area contributed by atoms with Gasteiger partial charge in [0.05, 0.1) is 10.6 Å². The second kappa shape index (κ2) is 5.88. The summed E-state index contributed by atoms with van der Waals surface area (Å²) >= 11 is 6.22. The van der Waals surface area contributed by atoms with E-state index in [4.69, 9.17) is 17.3 Å². The minimum atomic E-state index is 0.0730. The van der Waals surface area contributed by atoms with Gasteiger partial charge in [-0.2, -0.15) is 0 Å². The molecule has 1 saturated carbocycles. The van der Waals surface area contributed by atoms with Gasteiger partial charge >= 0.3 is 0 Å². The van der Waals surface area contributed by atoms with Gasteiger partial charge in [0.25, 0.3) is 5.91 Å². The van der Waals surface area contributed by atoms with Crippen molar-refractivity contribution in [1.29, 1.82) is 0 Å². The van der Waals surface area contributed by atoms with Crippen molar-refractivity contribution in [2.24, 2.45) is 11.8 Å². The Kier molecular flexibility index (Phi) is 4.12. The highest BCUT2D eigenvalue weighted by molar-refractivity contribution is 6.34. The highest BCUT2D eigenvalue weighted by Crippen LogP contribution is 2.39. The van der Waals surface area contributed by atoms with Crippen molar-refractivity contribution in [3.63, 3.8) is 0 Å². The van der Waals surface area contributed by atoms with Crippen LogP contribution in [0.25, 0.3) is 0 Å². The molecule has 3 nitrogen and oxygen atoms in total. The van der Waals surface area contributed by atoms with Crippen LogP contribution in [0.5, 0.6) is 0 Å². The molecule has 0 spiro atoms. The maximum absolute atomic E-state index is 12.9. The molecule has 1 heterocycles. The van der Waals surface area contributed by atoms with Gasteiger partial charge in [-0.25, -0.2) is 0 Å². The third kappa shape index (κ3) is 2.76. The van der Waals surface area contributed by atoms with Crippen LogP contribution >= 0.6 is 11.6 Å². The molecule has 21 heavy (non-hydrogen) atoms. The maximum atomic E-state index is 12.9. The first-order chi connectivity index (χ1) is 10.1. The average molecular weight is 307 g/mol. The van der Waals surface area contributed by atoms with Crippen molar-refractivity contribution in [2.45, 2.75) is 45.1 Å². The second-order valence-corrected chi connectivity index (χ2v) is 6.93. The van der Waals surface area contributed by atoms with Crippen LogP contribution in [-0.2, 0) is 0 Å². The zero-order valence-electron chi connectivity index (χ0n) is 12.5. The van der Waals surface area contributed by atoms with Crippen LogP contribution in [0, 0.1) is 11.8 Å². The molecule has 1 aliphatic heterocycles. The Morgan fingerprint density at radius 2 is 2.05 bits per heavy atom. The average Bonchev–Trinajstić information content (AvgIpc) is 2.47. The SMILES string of the molecule is CC1CCN(C(=O)c2ccc(N)cc2Cl)C2CCCCC12. The van der Waals surface area contributed by atoms with Crippen LogP contribution in [0.15, 0.2) is 18.2 Å². The Morgan fingerprint density at radius 1 is 1.29 bits per heavy atom. The van der Waals surface area contributed by atoms with Crippen LogP contribution in [-0.4, -0.2) is 23.4 Å². The molecule has 0 aromatic heterocycles.